The summed E-state index contributed by atoms with van der Waals surface area (Å²) in [5.41, 5.74) is 3.90. The summed E-state index contributed by atoms with van der Waals surface area (Å²) < 4.78 is 0. The van der Waals surface area contributed by atoms with Gasteiger partial charge in [0.15, 0.2) is 5.13 Å². The highest BCUT2D eigenvalue weighted by molar-refractivity contribution is 7.15. The molecule has 0 bridgehead atoms. The van der Waals surface area contributed by atoms with E-state index in [2.05, 4.69) is 47.7 Å². The molecule has 0 aliphatic carbocycles. The first-order valence-electron chi connectivity index (χ1n) is 8.05. The van der Waals surface area contributed by atoms with E-state index in [1.807, 2.05) is 13.1 Å². The summed E-state index contributed by atoms with van der Waals surface area (Å²) in [6.45, 7) is 8.12. The maximum atomic E-state index is 12.2. The van der Waals surface area contributed by atoms with Crippen LogP contribution in [0, 0.1) is 25.7 Å². The molecule has 6 heteroatoms. The van der Waals surface area contributed by atoms with Gasteiger partial charge < -0.3 is 10.6 Å². The van der Waals surface area contributed by atoms with Crippen LogP contribution >= 0.6 is 23.7 Å². The summed E-state index contributed by atoms with van der Waals surface area (Å²) in [7, 11) is 0. The summed E-state index contributed by atoms with van der Waals surface area (Å²) in [5, 5.41) is 6.87. The molecule has 1 unspecified atom stereocenters. The highest BCUT2D eigenvalue weighted by Gasteiger charge is 2.29. The van der Waals surface area contributed by atoms with Crippen molar-refractivity contribution < 1.29 is 4.79 Å². The number of nitrogens with zero attached hydrogens (tertiary/aromatic N) is 1. The van der Waals surface area contributed by atoms with Gasteiger partial charge in [0.05, 0.1) is 0 Å². The third-order valence-electron chi connectivity index (χ3n) is 4.67. The first-order chi connectivity index (χ1) is 11.0. The maximum absolute atomic E-state index is 12.2. The van der Waals surface area contributed by atoms with E-state index in [0.29, 0.717) is 11.0 Å². The summed E-state index contributed by atoms with van der Waals surface area (Å²) >= 11 is 1.56. The molecule has 1 aromatic carbocycles. The van der Waals surface area contributed by atoms with Gasteiger partial charge in [0, 0.05) is 23.4 Å². The molecular weight excluding hydrogens is 342 g/mol. The van der Waals surface area contributed by atoms with Crippen molar-refractivity contribution in [3.63, 3.8) is 0 Å². The van der Waals surface area contributed by atoms with E-state index in [9.17, 15) is 4.79 Å². The summed E-state index contributed by atoms with van der Waals surface area (Å²) in [4.78, 5) is 17.7. The molecule has 1 saturated heterocycles. The highest BCUT2D eigenvalue weighted by atomic mass is 35.5. The van der Waals surface area contributed by atoms with E-state index in [4.69, 9.17) is 0 Å². The third-order valence-corrected chi connectivity index (χ3v) is 5.58. The zero-order valence-electron chi connectivity index (χ0n) is 14.3. The number of thiazole rings is 1. The quantitative estimate of drug-likeness (QED) is 0.851. The second-order valence-corrected chi connectivity index (χ2v) is 7.54. The van der Waals surface area contributed by atoms with Crippen LogP contribution in [-0.4, -0.2) is 24.0 Å². The molecule has 2 aromatic rings. The van der Waals surface area contributed by atoms with Gasteiger partial charge in [-0.15, -0.1) is 23.7 Å². The second kappa shape index (κ2) is 8.10. The van der Waals surface area contributed by atoms with Gasteiger partial charge in [-0.3, -0.25) is 4.79 Å². The van der Waals surface area contributed by atoms with Crippen molar-refractivity contribution in [3.05, 3.63) is 46.0 Å². The Labute approximate surface area is 153 Å². The standard InChI is InChI=1S/C18H23N3OS.ClH/c1-11-4-5-14(6-12(11)2)7-16-10-20-18(23-16)21-17(22)13(3)15-8-19-9-15;/h4-6,10,13,15,19H,7-9H2,1-3H3,(H,20,21,22);1H. The van der Waals surface area contributed by atoms with Crippen molar-refractivity contribution in [2.45, 2.75) is 27.2 Å². The molecular formula is C18H24ClN3OS. The molecule has 2 heterocycles. The Morgan fingerprint density at radius 3 is 2.75 bits per heavy atom. The van der Waals surface area contributed by atoms with Crippen molar-refractivity contribution in [2.24, 2.45) is 11.8 Å². The van der Waals surface area contributed by atoms with Crippen LogP contribution in [0.4, 0.5) is 5.13 Å². The summed E-state index contributed by atoms with van der Waals surface area (Å²) in [6, 6.07) is 6.54. The number of nitrogens with one attached hydrogen (secondary N) is 2. The Hall–Kier alpha value is -1.43. The number of hydrogen-bond donors (Lipinski definition) is 2. The van der Waals surface area contributed by atoms with Crippen molar-refractivity contribution in [3.8, 4) is 0 Å². The lowest BCUT2D eigenvalue weighted by molar-refractivity contribution is -0.121. The van der Waals surface area contributed by atoms with Crippen LogP contribution in [0.15, 0.2) is 24.4 Å². The number of anilines is 1. The van der Waals surface area contributed by atoms with E-state index in [1.165, 1.54) is 21.6 Å². The highest BCUT2D eigenvalue weighted by Crippen LogP contribution is 2.24. The first kappa shape index (κ1) is 18.9. The number of hydrogen-bond acceptors (Lipinski definition) is 4. The Morgan fingerprint density at radius 1 is 1.38 bits per heavy atom. The minimum Gasteiger partial charge on any atom is -0.316 e. The van der Waals surface area contributed by atoms with Crippen LogP contribution in [0.3, 0.4) is 0 Å². The average molecular weight is 366 g/mol. The summed E-state index contributed by atoms with van der Waals surface area (Å²) in [5.74, 6) is 0.553. The molecule has 4 nitrogen and oxygen atoms in total. The zero-order chi connectivity index (χ0) is 16.4. The molecule has 1 aromatic heterocycles. The Kier molecular flexibility index (Phi) is 6.38. The van der Waals surface area contributed by atoms with Crippen LogP contribution in [0.2, 0.25) is 0 Å². The van der Waals surface area contributed by atoms with Gasteiger partial charge in [-0.2, -0.15) is 0 Å². The fraction of sp³-hybridized carbons (Fsp3) is 0.444. The molecule has 1 fully saturated rings. The number of aryl methyl sites for hydroxylation is 2. The van der Waals surface area contributed by atoms with Crippen LogP contribution < -0.4 is 10.6 Å². The van der Waals surface area contributed by atoms with E-state index < -0.39 is 0 Å². The van der Waals surface area contributed by atoms with E-state index in [0.717, 1.165) is 19.5 Å². The number of amides is 1. The van der Waals surface area contributed by atoms with Crippen LogP contribution in [0.1, 0.15) is 28.5 Å². The number of benzene rings is 1. The molecule has 130 valence electrons. The lowest BCUT2D eigenvalue weighted by Gasteiger charge is -2.31. The van der Waals surface area contributed by atoms with Gasteiger partial charge in [-0.1, -0.05) is 25.1 Å². The SMILES string of the molecule is Cc1ccc(Cc2cnc(NC(=O)C(C)C3CNC3)s2)cc1C.Cl. The lowest BCUT2D eigenvalue weighted by atomic mass is 9.88. The smallest absolute Gasteiger partial charge is 0.229 e. The lowest BCUT2D eigenvalue weighted by Crippen LogP contribution is -2.48. The Bertz CT molecular complexity index is 712. The van der Waals surface area contributed by atoms with Gasteiger partial charge in [-0.05, 0) is 49.5 Å². The van der Waals surface area contributed by atoms with Gasteiger partial charge >= 0.3 is 0 Å². The molecule has 1 aliphatic rings. The molecule has 1 amide bonds. The van der Waals surface area contributed by atoms with Gasteiger partial charge in [0.2, 0.25) is 5.91 Å². The molecule has 0 saturated carbocycles. The van der Waals surface area contributed by atoms with Crippen molar-refractivity contribution in [1.82, 2.24) is 10.3 Å². The topological polar surface area (TPSA) is 54.0 Å². The van der Waals surface area contributed by atoms with Crippen molar-refractivity contribution in [2.75, 3.05) is 18.4 Å². The monoisotopic (exact) mass is 365 g/mol. The Morgan fingerprint density at radius 2 is 2.12 bits per heavy atom. The third kappa shape index (κ3) is 4.35. The number of aromatic nitrogens is 1. The van der Waals surface area contributed by atoms with Gasteiger partial charge in [-0.25, -0.2) is 4.98 Å². The van der Waals surface area contributed by atoms with Crippen LogP contribution in [0.5, 0.6) is 0 Å². The minimum atomic E-state index is 0. The largest absolute Gasteiger partial charge is 0.316 e. The van der Waals surface area contributed by atoms with Crippen LogP contribution in [-0.2, 0) is 11.2 Å². The average Bonchev–Trinajstić information content (AvgIpc) is 2.88. The fourth-order valence-corrected chi connectivity index (χ4v) is 3.51. The normalized spacial score (nSPS) is 15.3. The van der Waals surface area contributed by atoms with E-state index >= 15 is 0 Å². The van der Waals surface area contributed by atoms with Crippen molar-refractivity contribution in [1.29, 1.82) is 0 Å². The first-order valence-corrected chi connectivity index (χ1v) is 8.87. The fourth-order valence-electron chi connectivity index (χ4n) is 2.66. The van der Waals surface area contributed by atoms with Crippen LogP contribution in [0.25, 0.3) is 0 Å². The van der Waals surface area contributed by atoms with Gasteiger partial charge in [0.1, 0.15) is 0 Å². The molecule has 1 atom stereocenters. The second-order valence-electron chi connectivity index (χ2n) is 6.42. The molecule has 3 rings (SSSR count). The minimum absolute atomic E-state index is 0. The zero-order valence-corrected chi connectivity index (χ0v) is 15.9. The van der Waals surface area contributed by atoms with E-state index in [1.54, 1.807) is 11.3 Å². The molecule has 2 N–H and O–H groups in total. The Balaban J connectivity index is 0.00000208. The summed E-state index contributed by atoms with van der Waals surface area (Å²) in [6.07, 6.45) is 2.72. The predicted octanol–water partition coefficient (Wildman–Crippen LogP) is 3.57. The predicted molar refractivity (Wildman–Crippen MR) is 102 cm³/mol. The number of carbonyl (C=O) groups is 1. The molecule has 0 radical (unpaired) electrons. The number of halogens is 1. The molecule has 0 spiro atoms. The van der Waals surface area contributed by atoms with Crippen molar-refractivity contribution >= 4 is 34.8 Å². The van der Waals surface area contributed by atoms with E-state index in [-0.39, 0.29) is 24.2 Å². The number of rotatable bonds is 5. The maximum Gasteiger partial charge on any atom is 0.229 e. The molecule has 24 heavy (non-hydrogen) atoms. The number of carbonyl (C=O) groups excluding carboxylic acids is 1. The van der Waals surface area contributed by atoms with Gasteiger partial charge in [0.25, 0.3) is 0 Å². The molecule has 1 aliphatic heterocycles.